The molecule has 7 nitrogen and oxygen atoms in total. The lowest BCUT2D eigenvalue weighted by Crippen LogP contribution is -2.46. The van der Waals surface area contributed by atoms with Gasteiger partial charge in [-0.15, -0.1) is 0 Å². The third-order valence-electron chi connectivity index (χ3n) is 3.34. The van der Waals surface area contributed by atoms with E-state index < -0.39 is 23.9 Å². The van der Waals surface area contributed by atoms with Crippen LogP contribution in [0.25, 0.3) is 0 Å². The molecule has 0 aliphatic rings. The summed E-state index contributed by atoms with van der Waals surface area (Å²) in [5.74, 6) is -1.06. The van der Waals surface area contributed by atoms with Gasteiger partial charge in [-0.05, 0) is 43.0 Å². The van der Waals surface area contributed by atoms with Crippen LogP contribution in [0.15, 0.2) is 18.2 Å². The Morgan fingerprint density at radius 2 is 1.83 bits per heavy atom. The van der Waals surface area contributed by atoms with Crippen molar-refractivity contribution in [3.05, 3.63) is 29.3 Å². The maximum Gasteiger partial charge on any atom is 0.407 e. The molecule has 0 aromatic heterocycles. The van der Waals surface area contributed by atoms with Gasteiger partial charge in [0, 0.05) is 5.69 Å². The number of amides is 3. The molecule has 0 radical (unpaired) electrons. The second-order valence-electron chi connectivity index (χ2n) is 6.15. The van der Waals surface area contributed by atoms with Crippen LogP contribution in [0.3, 0.4) is 0 Å². The van der Waals surface area contributed by atoms with Gasteiger partial charge in [-0.1, -0.05) is 19.9 Å². The first-order valence-corrected chi connectivity index (χ1v) is 7.78. The Bertz CT molecular complexity index is 614. The lowest BCUT2D eigenvalue weighted by atomic mass is 10.1. The van der Waals surface area contributed by atoms with Gasteiger partial charge in [0.15, 0.2) is 0 Å². The van der Waals surface area contributed by atoms with Crippen molar-refractivity contribution in [2.75, 3.05) is 11.9 Å². The van der Waals surface area contributed by atoms with Gasteiger partial charge in [-0.25, -0.2) is 4.79 Å². The van der Waals surface area contributed by atoms with Crippen molar-refractivity contribution >= 4 is 23.6 Å². The van der Waals surface area contributed by atoms with Crippen LogP contribution in [0.1, 0.15) is 31.4 Å². The maximum absolute atomic E-state index is 12.3. The molecule has 3 amide bonds. The average Bonchev–Trinajstić information content (AvgIpc) is 2.47. The first-order chi connectivity index (χ1) is 11.2. The van der Waals surface area contributed by atoms with E-state index in [4.69, 9.17) is 10.5 Å². The third kappa shape index (κ3) is 6.68. The van der Waals surface area contributed by atoms with Crippen LogP contribution < -0.4 is 16.4 Å². The second-order valence-corrected chi connectivity index (χ2v) is 6.15. The van der Waals surface area contributed by atoms with E-state index in [2.05, 4.69) is 10.6 Å². The number of rotatable bonds is 7. The number of ether oxygens (including phenoxy) is 1. The predicted octanol–water partition coefficient (Wildman–Crippen LogP) is 1.87. The van der Waals surface area contributed by atoms with Crippen LogP contribution in [-0.4, -0.2) is 30.6 Å². The monoisotopic (exact) mass is 335 g/mol. The van der Waals surface area contributed by atoms with Gasteiger partial charge in [0.25, 0.3) is 0 Å². The number of nitrogens with two attached hydrogens (primary N) is 1. The summed E-state index contributed by atoms with van der Waals surface area (Å²) in [6.07, 6.45) is -1.07. The molecule has 1 aromatic carbocycles. The summed E-state index contributed by atoms with van der Waals surface area (Å²) >= 11 is 0. The first kappa shape index (κ1) is 19.5. The number of carbonyl (C=O) groups excluding carboxylic acids is 3. The summed E-state index contributed by atoms with van der Waals surface area (Å²) in [4.78, 5) is 35.2. The molecule has 1 atom stereocenters. The summed E-state index contributed by atoms with van der Waals surface area (Å²) in [6.45, 7) is 7.88. The van der Waals surface area contributed by atoms with Crippen LogP contribution in [0.5, 0.6) is 0 Å². The van der Waals surface area contributed by atoms with Crippen LogP contribution in [-0.2, 0) is 14.3 Å². The summed E-state index contributed by atoms with van der Waals surface area (Å²) in [7, 11) is 0. The molecule has 0 bridgehead atoms. The second kappa shape index (κ2) is 8.90. The van der Waals surface area contributed by atoms with E-state index in [0.29, 0.717) is 5.69 Å². The highest BCUT2D eigenvalue weighted by Gasteiger charge is 2.24. The normalized spacial score (nSPS) is 11.7. The number of alkyl carbamates (subject to hydrolysis) is 1. The van der Waals surface area contributed by atoms with Crippen molar-refractivity contribution in [2.45, 2.75) is 40.2 Å². The molecular weight excluding hydrogens is 310 g/mol. The Morgan fingerprint density at radius 3 is 2.38 bits per heavy atom. The molecule has 7 heteroatoms. The van der Waals surface area contributed by atoms with Crippen LogP contribution >= 0.6 is 0 Å². The van der Waals surface area contributed by atoms with Crippen molar-refractivity contribution in [3.8, 4) is 0 Å². The fraction of sp³-hybridized carbons (Fsp3) is 0.471. The van der Waals surface area contributed by atoms with E-state index >= 15 is 0 Å². The maximum atomic E-state index is 12.3. The minimum absolute atomic E-state index is 0.162. The summed E-state index contributed by atoms with van der Waals surface area (Å²) in [6, 6.07) is 4.34. The lowest BCUT2D eigenvalue weighted by Gasteiger charge is -2.18. The molecule has 4 N–H and O–H groups in total. The summed E-state index contributed by atoms with van der Waals surface area (Å²) in [5.41, 5.74) is 7.85. The number of nitrogens with one attached hydrogen (secondary N) is 2. The highest BCUT2D eigenvalue weighted by Crippen LogP contribution is 2.14. The Balaban J connectivity index is 2.75. The Kier molecular flexibility index (Phi) is 7.23. The zero-order valence-corrected chi connectivity index (χ0v) is 14.5. The predicted molar refractivity (Wildman–Crippen MR) is 91.5 cm³/mol. The molecule has 132 valence electrons. The van der Waals surface area contributed by atoms with Gasteiger partial charge in [0.2, 0.25) is 11.8 Å². The number of anilines is 1. The zero-order chi connectivity index (χ0) is 18.3. The van der Waals surface area contributed by atoms with E-state index in [1.165, 1.54) is 0 Å². The van der Waals surface area contributed by atoms with Crippen molar-refractivity contribution < 1.29 is 19.1 Å². The number of primary amides is 1. The standard InChI is InChI=1S/C17H25N3O4/c1-10(2)9-24-17(23)20-14(8-15(18)21)16(22)19-13-6-5-11(3)12(4)7-13/h5-7,10,14H,8-9H2,1-4H3,(H2,18,21)(H,19,22)(H,20,23). The minimum Gasteiger partial charge on any atom is -0.449 e. The van der Waals surface area contributed by atoms with E-state index in [1.807, 2.05) is 39.8 Å². The molecular formula is C17H25N3O4. The Hall–Kier alpha value is -2.57. The van der Waals surface area contributed by atoms with Crippen molar-refractivity contribution in [1.82, 2.24) is 5.32 Å². The highest BCUT2D eigenvalue weighted by molar-refractivity contribution is 5.99. The number of carbonyl (C=O) groups is 3. The topological polar surface area (TPSA) is 111 Å². The fourth-order valence-corrected chi connectivity index (χ4v) is 1.89. The summed E-state index contributed by atoms with van der Waals surface area (Å²) < 4.78 is 4.97. The van der Waals surface area contributed by atoms with E-state index in [0.717, 1.165) is 11.1 Å². The van der Waals surface area contributed by atoms with Crippen molar-refractivity contribution in [1.29, 1.82) is 0 Å². The van der Waals surface area contributed by atoms with Gasteiger partial charge in [-0.3, -0.25) is 9.59 Å². The quantitative estimate of drug-likeness (QED) is 0.706. The molecule has 0 aliphatic carbocycles. The van der Waals surface area contributed by atoms with E-state index in [-0.39, 0.29) is 18.9 Å². The van der Waals surface area contributed by atoms with Crippen LogP contribution in [0.4, 0.5) is 10.5 Å². The molecule has 1 rings (SSSR count). The van der Waals surface area contributed by atoms with Gasteiger partial charge >= 0.3 is 6.09 Å². The van der Waals surface area contributed by atoms with Crippen molar-refractivity contribution in [2.24, 2.45) is 11.7 Å². The molecule has 0 spiro atoms. The van der Waals surface area contributed by atoms with Gasteiger partial charge in [0.1, 0.15) is 6.04 Å². The smallest absolute Gasteiger partial charge is 0.407 e. The Labute approximate surface area is 141 Å². The molecule has 1 aromatic rings. The molecule has 1 unspecified atom stereocenters. The molecule has 0 aliphatic heterocycles. The van der Waals surface area contributed by atoms with E-state index in [1.54, 1.807) is 6.07 Å². The molecule has 0 saturated heterocycles. The number of benzene rings is 1. The summed E-state index contributed by atoms with van der Waals surface area (Å²) in [5, 5.41) is 5.04. The Morgan fingerprint density at radius 1 is 1.17 bits per heavy atom. The zero-order valence-electron chi connectivity index (χ0n) is 14.5. The molecule has 0 saturated carbocycles. The third-order valence-corrected chi connectivity index (χ3v) is 3.34. The molecule has 0 fully saturated rings. The van der Waals surface area contributed by atoms with Gasteiger partial charge < -0.3 is 21.1 Å². The largest absolute Gasteiger partial charge is 0.449 e. The SMILES string of the molecule is Cc1ccc(NC(=O)C(CC(N)=O)NC(=O)OCC(C)C)cc1C. The van der Waals surface area contributed by atoms with Crippen molar-refractivity contribution in [3.63, 3.8) is 0 Å². The minimum atomic E-state index is -1.09. The van der Waals surface area contributed by atoms with Crippen LogP contribution in [0, 0.1) is 19.8 Å². The van der Waals surface area contributed by atoms with Gasteiger partial charge in [0.05, 0.1) is 13.0 Å². The fourth-order valence-electron chi connectivity index (χ4n) is 1.89. The molecule has 0 heterocycles. The van der Waals surface area contributed by atoms with Crippen LogP contribution in [0.2, 0.25) is 0 Å². The number of aryl methyl sites for hydroxylation is 2. The average molecular weight is 335 g/mol. The number of hydrogen-bond acceptors (Lipinski definition) is 4. The highest BCUT2D eigenvalue weighted by atomic mass is 16.5. The van der Waals surface area contributed by atoms with E-state index in [9.17, 15) is 14.4 Å². The first-order valence-electron chi connectivity index (χ1n) is 7.78. The lowest BCUT2D eigenvalue weighted by molar-refractivity contribution is -0.123. The molecule has 24 heavy (non-hydrogen) atoms. The number of hydrogen-bond donors (Lipinski definition) is 3. The van der Waals surface area contributed by atoms with Gasteiger partial charge in [-0.2, -0.15) is 0 Å².